The number of nitrogen functional groups attached to an aromatic ring is 1. The third-order valence-corrected chi connectivity index (χ3v) is 3.54. The Kier molecular flexibility index (Phi) is 3.13. The standard InChI is InChI=1S/C15H17N5O/c1-9-12(8-17-18-9)14-13(15(16)20(2)19-14)10-5-4-6-11(7-10)21-3/h4-8H,16H2,1-3H3,(H,17,18). The number of nitrogens with zero attached hydrogens (tertiary/aromatic N) is 3. The smallest absolute Gasteiger partial charge is 0.129 e. The van der Waals surface area contributed by atoms with E-state index in [0.717, 1.165) is 33.8 Å². The van der Waals surface area contributed by atoms with E-state index in [2.05, 4.69) is 15.3 Å². The number of hydrogen-bond donors (Lipinski definition) is 2. The lowest BCUT2D eigenvalue weighted by atomic mass is 10.0. The zero-order valence-electron chi connectivity index (χ0n) is 12.2. The molecule has 0 aliphatic rings. The highest BCUT2D eigenvalue weighted by molar-refractivity contribution is 5.88. The van der Waals surface area contributed by atoms with E-state index in [1.54, 1.807) is 18.0 Å². The predicted molar refractivity (Wildman–Crippen MR) is 81.9 cm³/mol. The SMILES string of the molecule is COc1cccc(-c2c(-c3cn[nH]c3C)nn(C)c2N)c1. The van der Waals surface area contributed by atoms with Crippen LogP contribution in [-0.4, -0.2) is 27.1 Å². The van der Waals surface area contributed by atoms with Crippen molar-refractivity contribution >= 4 is 5.82 Å². The lowest BCUT2D eigenvalue weighted by molar-refractivity contribution is 0.415. The van der Waals surface area contributed by atoms with Crippen LogP contribution in [0.15, 0.2) is 30.5 Å². The number of aromatic amines is 1. The minimum absolute atomic E-state index is 0.610. The van der Waals surface area contributed by atoms with Gasteiger partial charge in [0.25, 0.3) is 0 Å². The molecule has 0 saturated heterocycles. The molecule has 6 heteroatoms. The van der Waals surface area contributed by atoms with Crippen molar-refractivity contribution in [1.29, 1.82) is 0 Å². The minimum Gasteiger partial charge on any atom is -0.497 e. The molecule has 21 heavy (non-hydrogen) atoms. The zero-order valence-corrected chi connectivity index (χ0v) is 12.2. The van der Waals surface area contributed by atoms with Crippen molar-refractivity contribution in [2.75, 3.05) is 12.8 Å². The highest BCUT2D eigenvalue weighted by Crippen LogP contribution is 2.37. The van der Waals surface area contributed by atoms with Crippen LogP contribution in [-0.2, 0) is 7.05 Å². The Morgan fingerprint density at radius 2 is 2.14 bits per heavy atom. The topological polar surface area (TPSA) is 81.8 Å². The number of ether oxygens (including phenoxy) is 1. The van der Waals surface area contributed by atoms with Gasteiger partial charge in [0.05, 0.1) is 18.9 Å². The highest BCUT2D eigenvalue weighted by atomic mass is 16.5. The van der Waals surface area contributed by atoms with Crippen LogP contribution in [0.25, 0.3) is 22.4 Å². The first-order valence-electron chi connectivity index (χ1n) is 6.59. The second-order valence-corrected chi connectivity index (χ2v) is 4.87. The summed E-state index contributed by atoms with van der Waals surface area (Å²) in [6.45, 7) is 1.96. The fourth-order valence-electron chi connectivity index (χ4n) is 2.38. The number of nitrogens with two attached hydrogens (primary N) is 1. The van der Waals surface area contributed by atoms with E-state index >= 15 is 0 Å². The van der Waals surface area contributed by atoms with Gasteiger partial charge in [0.15, 0.2) is 0 Å². The van der Waals surface area contributed by atoms with Crippen molar-refractivity contribution < 1.29 is 4.74 Å². The van der Waals surface area contributed by atoms with E-state index in [-0.39, 0.29) is 0 Å². The van der Waals surface area contributed by atoms with Gasteiger partial charge in [0.2, 0.25) is 0 Å². The second-order valence-electron chi connectivity index (χ2n) is 4.87. The van der Waals surface area contributed by atoms with Gasteiger partial charge in [-0.3, -0.25) is 9.78 Å². The third kappa shape index (κ3) is 2.14. The highest BCUT2D eigenvalue weighted by Gasteiger charge is 2.19. The van der Waals surface area contributed by atoms with Gasteiger partial charge in [-0.2, -0.15) is 10.2 Å². The summed E-state index contributed by atoms with van der Waals surface area (Å²) in [5.41, 5.74) is 10.8. The molecular weight excluding hydrogens is 266 g/mol. The van der Waals surface area contributed by atoms with E-state index in [1.165, 1.54) is 0 Å². The predicted octanol–water partition coefficient (Wildman–Crippen LogP) is 2.38. The fourth-order valence-corrected chi connectivity index (χ4v) is 2.38. The van der Waals surface area contributed by atoms with Crippen molar-refractivity contribution in [3.8, 4) is 28.1 Å². The van der Waals surface area contributed by atoms with Gasteiger partial charge in [0.1, 0.15) is 17.3 Å². The second kappa shape index (κ2) is 4.97. The van der Waals surface area contributed by atoms with Crippen LogP contribution >= 0.6 is 0 Å². The van der Waals surface area contributed by atoms with Crippen molar-refractivity contribution in [2.24, 2.45) is 7.05 Å². The lowest BCUT2D eigenvalue weighted by Gasteiger charge is -2.06. The normalized spacial score (nSPS) is 10.8. The summed E-state index contributed by atoms with van der Waals surface area (Å²) in [6, 6.07) is 7.78. The van der Waals surface area contributed by atoms with Crippen LogP contribution < -0.4 is 10.5 Å². The molecule has 0 aliphatic heterocycles. The summed E-state index contributed by atoms with van der Waals surface area (Å²) in [4.78, 5) is 0. The van der Waals surface area contributed by atoms with Gasteiger partial charge in [-0.05, 0) is 24.6 Å². The summed E-state index contributed by atoms with van der Waals surface area (Å²) in [7, 11) is 3.48. The van der Waals surface area contributed by atoms with Gasteiger partial charge >= 0.3 is 0 Å². The first-order chi connectivity index (χ1) is 10.1. The molecule has 0 amide bonds. The Hall–Kier alpha value is -2.76. The van der Waals surface area contributed by atoms with Gasteiger partial charge in [-0.25, -0.2) is 0 Å². The Bertz CT molecular complexity index is 787. The maximum atomic E-state index is 6.21. The molecule has 2 heterocycles. The molecule has 3 rings (SSSR count). The Morgan fingerprint density at radius 1 is 1.33 bits per heavy atom. The minimum atomic E-state index is 0.610. The summed E-state index contributed by atoms with van der Waals surface area (Å²) < 4.78 is 6.97. The third-order valence-electron chi connectivity index (χ3n) is 3.54. The molecular formula is C15H17N5O. The number of benzene rings is 1. The summed E-state index contributed by atoms with van der Waals surface area (Å²) in [5.74, 6) is 1.39. The number of rotatable bonds is 3. The molecule has 0 saturated carbocycles. The Morgan fingerprint density at radius 3 is 2.81 bits per heavy atom. The first kappa shape index (κ1) is 13.2. The Balaban J connectivity index is 2.24. The molecule has 0 bridgehead atoms. The van der Waals surface area contributed by atoms with E-state index in [4.69, 9.17) is 10.5 Å². The molecule has 3 N–H and O–H groups in total. The number of hydrogen-bond acceptors (Lipinski definition) is 4. The van der Waals surface area contributed by atoms with Crippen LogP contribution in [0.3, 0.4) is 0 Å². The van der Waals surface area contributed by atoms with Gasteiger partial charge in [0, 0.05) is 18.3 Å². The molecule has 0 aliphatic carbocycles. The quantitative estimate of drug-likeness (QED) is 0.773. The molecule has 1 aromatic carbocycles. The van der Waals surface area contributed by atoms with E-state index in [1.807, 2.05) is 38.2 Å². The van der Waals surface area contributed by atoms with Crippen LogP contribution in [0.2, 0.25) is 0 Å². The van der Waals surface area contributed by atoms with E-state index in [0.29, 0.717) is 5.82 Å². The summed E-state index contributed by atoms with van der Waals surface area (Å²) in [5, 5.41) is 11.5. The number of methoxy groups -OCH3 is 1. The van der Waals surface area contributed by atoms with Crippen LogP contribution in [0, 0.1) is 6.92 Å². The monoisotopic (exact) mass is 283 g/mol. The van der Waals surface area contributed by atoms with E-state index in [9.17, 15) is 0 Å². The largest absolute Gasteiger partial charge is 0.497 e. The zero-order chi connectivity index (χ0) is 15.0. The molecule has 0 unspecified atom stereocenters. The molecule has 3 aromatic rings. The summed E-state index contributed by atoms with van der Waals surface area (Å²) >= 11 is 0. The molecule has 108 valence electrons. The number of anilines is 1. The van der Waals surface area contributed by atoms with E-state index < -0.39 is 0 Å². The van der Waals surface area contributed by atoms with Crippen molar-refractivity contribution in [3.05, 3.63) is 36.2 Å². The van der Waals surface area contributed by atoms with Crippen molar-refractivity contribution in [2.45, 2.75) is 6.92 Å². The average molecular weight is 283 g/mol. The maximum Gasteiger partial charge on any atom is 0.129 e. The maximum absolute atomic E-state index is 6.21. The summed E-state index contributed by atoms with van der Waals surface area (Å²) in [6.07, 6.45) is 1.76. The van der Waals surface area contributed by atoms with Crippen LogP contribution in [0.1, 0.15) is 5.69 Å². The molecule has 0 spiro atoms. The average Bonchev–Trinajstić information content (AvgIpc) is 3.03. The van der Waals surface area contributed by atoms with Crippen LogP contribution in [0.5, 0.6) is 5.75 Å². The molecule has 6 nitrogen and oxygen atoms in total. The molecule has 0 fully saturated rings. The number of nitrogens with one attached hydrogen (secondary N) is 1. The fraction of sp³-hybridized carbons (Fsp3) is 0.200. The van der Waals surface area contributed by atoms with Crippen molar-refractivity contribution in [3.63, 3.8) is 0 Å². The number of aryl methyl sites for hydroxylation is 2. The molecule has 2 aromatic heterocycles. The first-order valence-corrected chi connectivity index (χ1v) is 6.59. The Labute approximate surface area is 122 Å². The van der Waals surface area contributed by atoms with Crippen LogP contribution in [0.4, 0.5) is 5.82 Å². The van der Waals surface area contributed by atoms with Gasteiger partial charge in [-0.1, -0.05) is 12.1 Å². The van der Waals surface area contributed by atoms with Crippen molar-refractivity contribution in [1.82, 2.24) is 20.0 Å². The molecule has 0 atom stereocenters. The number of H-pyrrole nitrogens is 1. The van der Waals surface area contributed by atoms with Gasteiger partial charge < -0.3 is 10.5 Å². The van der Waals surface area contributed by atoms with Gasteiger partial charge in [-0.15, -0.1) is 0 Å². The molecule has 0 radical (unpaired) electrons. The number of aromatic nitrogens is 4. The lowest BCUT2D eigenvalue weighted by Crippen LogP contribution is -1.98.